The number of nitrogens with zero attached hydrogens (tertiary/aromatic N) is 5. The molecule has 0 N–H and O–H groups in total. The zero-order valence-electron chi connectivity index (χ0n) is 6.19. The molecular weight excluding hydrogens is 194 g/mol. The minimum atomic E-state index is -2.53. The molecular formula is C5H3N5O2S. The quantitative estimate of drug-likeness (QED) is 0.632. The second kappa shape index (κ2) is 2.90. The number of fused-ring (bicyclic) bond motifs is 1. The highest BCUT2D eigenvalue weighted by Gasteiger charge is 2.01. The molecule has 2 aromatic heterocycles. The van der Waals surface area contributed by atoms with E-state index in [4.69, 9.17) is 0 Å². The van der Waals surface area contributed by atoms with Gasteiger partial charge >= 0.3 is 10.5 Å². The molecule has 0 aliphatic heterocycles. The Hall–Kier alpha value is -1.83. The van der Waals surface area contributed by atoms with Crippen molar-refractivity contribution in [2.75, 3.05) is 0 Å². The van der Waals surface area contributed by atoms with Gasteiger partial charge in [-0.05, 0) is 6.07 Å². The fourth-order valence-corrected chi connectivity index (χ4v) is 1.04. The third-order valence-electron chi connectivity index (χ3n) is 1.26. The Kier molecular flexibility index (Phi) is 1.74. The Balaban J connectivity index is 2.69. The Morgan fingerprint density at radius 3 is 3.00 bits per heavy atom. The predicted octanol–water partition coefficient (Wildman–Crippen LogP) is -0.182. The largest absolute Gasteiger partial charge is 0.319 e. The first-order chi connectivity index (χ1) is 6.25. The van der Waals surface area contributed by atoms with Crippen molar-refractivity contribution in [1.29, 1.82) is 0 Å². The van der Waals surface area contributed by atoms with Crippen LogP contribution in [0.5, 0.6) is 0 Å². The lowest BCUT2D eigenvalue weighted by Crippen LogP contribution is -1.86. The van der Waals surface area contributed by atoms with Gasteiger partial charge in [0.1, 0.15) is 0 Å². The van der Waals surface area contributed by atoms with E-state index in [9.17, 15) is 8.42 Å². The molecule has 2 rings (SSSR count). The zero-order valence-corrected chi connectivity index (χ0v) is 7.01. The molecule has 13 heavy (non-hydrogen) atoms. The van der Waals surface area contributed by atoms with Gasteiger partial charge in [0.05, 0.1) is 0 Å². The first kappa shape index (κ1) is 7.80. The van der Waals surface area contributed by atoms with Crippen molar-refractivity contribution in [1.82, 2.24) is 19.6 Å². The maximum absolute atomic E-state index is 10.2. The van der Waals surface area contributed by atoms with Gasteiger partial charge in [0.2, 0.25) is 0 Å². The van der Waals surface area contributed by atoms with E-state index >= 15 is 0 Å². The summed E-state index contributed by atoms with van der Waals surface area (Å²) in [6, 6.07) is 1.65. The summed E-state index contributed by atoms with van der Waals surface area (Å²) in [6.07, 6.45) is 3.13. The summed E-state index contributed by atoms with van der Waals surface area (Å²) in [5.41, 5.74) is 0. The topological polar surface area (TPSA) is 89.6 Å². The van der Waals surface area contributed by atoms with Gasteiger partial charge in [-0.15, -0.1) is 5.10 Å². The van der Waals surface area contributed by atoms with Crippen molar-refractivity contribution in [3.05, 3.63) is 18.5 Å². The Bertz CT molecular complexity index is 530. The number of hydrogen-bond donors (Lipinski definition) is 0. The van der Waals surface area contributed by atoms with Crippen LogP contribution < -0.4 is 0 Å². The molecule has 0 bridgehead atoms. The highest BCUT2D eigenvalue weighted by molar-refractivity contribution is 7.61. The summed E-state index contributed by atoms with van der Waals surface area (Å²) in [6.45, 7) is 0. The number of rotatable bonds is 1. The maximum Gasteiger partial charge on any atom is 0.319 e. The summed E-state index contributed by atoms with van der Waals surface area (Å²) in [5.74, 6) is 0.193. The van der Waals surface area contributed by atoms with Gasteiger partial charge in [-0.1, -0.05) is 4.36 Å². The van der Waals surface area contributed by atoms with Crippen molar-refractivity contribution >= 4 is 22.2 Å². The third-order valence-corrected chi connectivity index (χ3v) is 1.57. The van der Waals surface area contributed by atoms with Gasteiger partial charge in [0.15, 0.2) is 0 Å². The summed E-state index contributed by atoms with van der Waals surface area (Å²) in [7, 11) is -2.53. The molecule has 0 spiro atoms. The van der Waals surface area contributed by atoms with Crippen molar-refractivity contribution in [2.24, 2.45) is 4.36 Å². The summed E-state index contributed by atoms with van der Waals surface area (Å²) in [4.78, 5) is 7.57. The zero-order chi connectivity index (χ0) is 9.26. The van der Waals surface area contributed by atoms with Gasteiger partial charge < -0.3 is 0 Å². The minimum absolute atomic E-state index is 0.118. The summed E-state index contributed by atoms with van der Waals surface area (Å²) >= 11 is 0. The van der Waals surface area contributed by atoms with Crippen molar-refractivity contribution < 1.29 is 8.42 Å². The molecule has 0 amide bonds. The van der Waals surface area contributed by atoms with E-state index in [1.165, 1.54) is 10.7 Å². The Labute approximate surface area is 73.8 Å². The fraction of sp³-hybridized carbons (Fsp3) is 0. The highest BCUT2D eigenvalue weighted by atomic mass is 32.2. The lowest BCUT2D eigenvalue weighted by Gasteiger charge is -1.83. The first-order valence-corrected chi connectivity index (χ1v) is 4.27. The van der Waals surface area contributed by atoms with Crippen molar-refractivity contribution in [3.8, 4) is 0 Å². The standard InChI is InChI=1S/C5H3N5O2S/c11-13(12)9-4-7-5-6-2-1-3-10(5)8-4/h1-3H. The smallest absolute Gasteiger partial charge is 0.220 e. The van der Waals surface area contributed by atoms with E-state index in [-0.39, 0.29) is 5.95 Å². The van der Waals surface area contributed by atoms with Crippen LogP contribution in [-0.2, 0) is 10.5 Å². The average molecular weight is 197 g/mol. The van der Waals surface area contributed by atoms with Crippen LogP contribution >= 0.6 is 0 Å². The van der Waals surface area contributed by atoms with Gasteiger partial charge in [0.25, 0.3) is 11.7 Å². The predicted molar refractivity (Wildman–Crippen MR) is 41.8 cm³/mol. The molecule has 0 fully saturated rings. The van der Waals surface area contributed by atoms with Gasteiger partial charge in [-0.25, -0.2) is 9.50 Å². The molecule has 0 unspecified atom stereocenters. The average Bonchev–Trinajstić information content (AvgIpc) is 2.44. The fourth-order valence-electron chi connectivity index (χ4n) is 0.827. The molecule has 66 valence electrons. The first-order valence-electron chi connectivity index (χ1n) is 3.24. The van der Waals surface area contributed by atoms with E-state index in [1.807, 2.05) is 0 Å². The van der Waals surface area contributed by atoms with Crippen molar-refractivity contribution in [3.63, 3.8) is 0 Å². The molecule has 2 aromatic rings. The van der Waals surface area contributed by atoms with Crippen LogP contribution in [0.15, 0.2) is 22.8 Å². The molecule has 0 radical (unpaired) electrons. The molecule has 0 atom stereocenters. The van der Waals surface area contributed by atoms with Crippen LogP contribution in [0.3, 0.4) is 0 Å². The number of aromatic nitrogens is 4. The lowest BCUT2D eigenvalue weighted by atomic mass is 10.7. The number of hydrogen-bond acceptors (Lipinski definition) is 6. The lowest BCUT2D eigenvalue weighted by molar-refractivity contribution is 0.622. The second-order valence-electron chi connectivity index (χ2n) is 2.08. The molecule has 8 heteroatoms. The van der Waals surface area contributed by atoms with E-state index in [0.29, 0.717) is 5.78 Å². The Morgan fingerprint density at radius 2 is 2.31 bits per heavy atom. The molecule has 0 aliphatic carbocycles. The monoisotopic (exact) mass is 197 g/mol. The van der Waals surface area contributed by atoms with Crippen molar-refractivity contribution in [2.45, 2.75) is 0 Å². The third kappa shape index (κ3) is 1.51. The maximum atomic E-state index is 10.2. The Morgan fingerprint density at radius 1 is 1.46 bits per heavy atom. The van der Waals surface area contributed by atoms with Gasteiger partial charge in [0, 0.05) is 12.4 Å². The van der Waals surface area contributed by atoms with Crippen LogP contribution in [0.4, 0.5) is 5.95 Å². The van der Waals surface area contributed by atoms with E-state index < -0.39 is 10.5 Å². The highest BCUT2D eigenvalue weighted by Crippen LogP contribution is 2.04. The summed E-state index contributed by atoms with van der Waals surface area (Å²) in [5, 5.41) is 3.74. The molecule has 0 saturated carbocycles. The van der Waals surface area contributed by atoms with Crippen LogP contribution in [0.1, 0.15) is 0 Å². The molecule has 0 aliphatic rings. The minimum Gasteiger partial charge on any atom is -0.220 e. The van der Waals surface area contributed by atoms with E-state index in [2.05, 4.69) is 19.4 Å². The van der Waals surface area contributed by atoms with Crippen LogP contribution in [-0.4, -0.2) is 28.0 Å². The summed E-state index contributed by atoms with van der Waals surface area (Å²) < 4.78 is 24.8. The molecule has 7 nitrogen and oxygen atoms in total. The van der Waals surface area contributed by atoms with Gasteiger partial charge in [-0.3, -0.25) is 0 Å². The normalized spacial score (nSPS) is 10.2. The molecule has 0 saturated heterocycles. The SMILES string of the molecule is O=S(=O)=Nc1nc2ncccn2n1. The van der Waals surface area contributed by atoms with Crippen LogP contribution in [0.25, 0.3) is 5.78 Å². The van der Waals surface area contributed by atoms with Crippen LogP contribution in [0, 0.1) is 0 Å². The van der Waals surface area contributed by atoms with E-state index in [0.717, 1.165) is 0 Å². The molecule has 0 aromatic carbocycles. The van der Waals surface area contributed by atoms with E-state index in [1.54, 1.807) is 12.3 Å². The second-order valence-corrected chi connectivity index (χ2v) is 2.70. The molecule has 2 heterocycles. The van der Waals surface area contributed by atoms with Gasteiger partial charge in [-0.2, -0.15) is 13.4 Å². The van der Waals surface area contributed by atoms with Crippen LogP contribution in [0.2, 0.25) is 0 Å².